The molecule has 0 aliphatic heterocycles. The number of phenolic OH excluding ortho intramolecular Hbond substituents is 1. The third-order valence-electron chi connectivity index (χ3n) is 9.49. The Morgan fingerprint density at radius 1 is 0.855 bits per heavy atom. The Balaban J connectivity index is 1.07. The Hall–Kier alpha value is -6.43. The van der Waals surface area contributed by atoms with Crippen LogP contribution in [0.3, 0.4) is 0 Å². The molecule has 1 unspecified atom stereocenters. The number of hydrogen-bond acceptors (Lipinski definition) is 7. The molecule has 11 heteroatoms. The van der Waals surface area contributed by atoms with E-state index >= 15 is 0 Å². The van der Waals surface area contributed by atoms with E-state index in [4.69, 9.17) is 4.74 Å². The standard InChI is InChI=1S/C44H44N4O7/c1-29-9-5-6-12-34(29)27-48(24-8-23-45-26-39(50)36-19-21-38(49)42-37(36)20-22-40(51)46-42)43(52)32-17-15-30(16-18-32)28-55-35-14-7-13-33(25-35)41(47-44(53)54)31-10-3-2-4-11-31/h2-7,9-22,25,39,41,45,47,49-50H,8,23-24,26-28H2,1H3,(H,46,51)(H,53,54)/t39?,41-/m0/s1. The van der Waals surface area contributed by atoms with Gasteiger partial charge in [0, 0.05) is 36.7 Å². The number of ether oxygens (including phenoxy) is 1. The molecule has 0 fully saturated rings. The maximum absolute atomic E-state index is 13.9. The van der Waals surface area contributed by atoms with Crippen molar-refractivity contribution in [1.82, 2.24) is 20.5 Å². The molecule has 1 heterocycles. The fourth-order valence-electron chi connectivity index (χ4n) is 6.54. The Morgan fingerprint density at radius 2 is 1.60 bits per heavy atom. The second-order valence-electron chi connectivity index (χ2n) is 13.4. The van der Waals surface area contributed by atoms with Crippen LogP contribution < -0.4 is 20.9 Å². The van der Waals surface area contributed by atoms with E-state index < -0.39 is 18.2 Å². The van der Waals surface area contributed by atoms with Crippen LogP contribution >= 0.6 is 0 Å². The summed E-state index contributed by atoms with van der Waals surface area (Å²) in [7, 11) is 0. The fraction of sp³-hybridized carbons (Fsp3) is 0.205. The van der Waals surface area contributed by atoms with Gasteiger partial charge in [-0.2, -0.15) is 0 Å². The molecular formula is C44H44N4O7. The number of pyridine rings is 1. The minimum absolute atomic E-state index is 0.0644. The van der Waals surface area contributed by atoms with Gasteiger partial charge < -0.3 is 40.6 Å². The molecule has 0 aliphatic rings. The number of carbonyl (C=O) groups excluding carboxylic acids is 1. The van der Waals surface area contributed by atoms with Gasteiger partial charge in [-0.15, -0.1) is 0 Å². The zero-order valence-electron chi connectivity index (χ0n) is 30.4. The third-order valence-corrected chi connectivity index (χ3v) is 9.49. The molecule has 0 spiro atoms. The van der Waals surface area contributed by atoms with Gasteiger partial charge in [-0.05, 0) is 89.7 Å². The molecule has 282 valence electrons. The van der Waals surface area contributed by atoms with Crippen molar-refractivity contribution in [3.8, 4) is 11.5 Å². The zero-order chi connectivity index (χ0) is 38.7. The van der Waals surface area contributed by atoms with Crippen molar-refractivity contribution in [3.05, 3.63) is 177 Å². The SMILES string of the molecule is Cc1ccccc1CN(CCCNCC(O)c1ccc(O)c2[nH]c(=O)ccc12)C(=O)c1ccc(COc2cccc([C@@H](NC(=O)O)c3ccccc3)c2)cc1. The number of carbonyl (C=O) groups is 2. The van der Waals surface area contributed by atoms with Gasteiger partial charge in [0.25, 0.3) is 5.91 Å². The number of aliphatic hydroxyl groups is 1. The fourth-order valence-corrected chi connectivity index (χ4v) is 6.54. The molecule has 0 aliphatic carbocycles. The number of rotatable bonds is 16. The van der Waals surface area contributed by atoms with E-state index in [9.17, 15) is 29.7 Å². The topological polar surface area (TPSA) is 164 Å². The van der Waals surface area contributed by atoms with Crippen molar-refractivity contribution in [1.29, 1.82) is 0 Å². The number of aromatic hydroxyl groups is 1. The minimum atomic E-state index is -1.12. The number of aromatic nitrogens is 1. The van der Waals surface area contributed by atoms with E-state index in [1.807, 2.05) is 103 Å². The first-order valence-corrected chi connectivity index (χ1v) is 18.1. The Bertz CT molecular complexity index is 2290. The highest BCUT2D eigenvalue weighted by Crippen LogP contribution is 2.29. The van der Waals surface area contributed by atoms with E-state index in [2.05, 4.69) is 15.6 Å². The zero-order valence-corrected chi connectivity index (χ0v) is 30.4. The molecule has 5 aromatic carbocycles. The average Bonchev–Trinajstić information content (AvgIpc) is 3.20. The monoisotopic (exact) mass is 740 g/mol. The predicted octanol–water partition coefficient (Wildman–Crippen LogP) is 6.83. The lowest BCUT2D eigenvalue weighted by Crippen LogP contribution is -2.34. The van der Waals surface area contributed by atoms with Gasteiger partial charge in [0.1, 0.15) is 18.1 Å². The molecule has 6 aromatic rings. The molecule has 55 heavy (non-hydrogen) atoms. The van der Waals surface area contributed by atoms with Crippen LogP contribution in [0, 0.1) is 6.92 Å². The number of nitrogens with zero attached hydrogens (tertiary/aromatic N) is 1. The number of nitrogens with one attached hydrogen (secondary N) is 3. The van der Waals surface area contributed by atoms with Crippen molar-refractivity contribution in [2.45, 2.75) is 38.6 Å². The second-order valence-corrected chi connectivity index (χ2v) is 13.4. The quantitative estimate of drug-likeness (QED) is 0.0588. The largest absolute Gasteiger partial charge is 0.506 e. The van der Waals surface area contributed by atoms with Gasteiger partial charge >= 0.3 is 6.09 Å². The summed E-state index contributed by atoms with van der Waals surface area (Å²) in [6.45, 7) is 3.97. The van der Waals surface area contributed by atoms with Crippen molar-refractivity contribution in [3.63, 3.8) is 0 Å². The lowest BCUT2D eigenvalue weighted by molar-refractivity contribution is 0.0740. The third kappa shape index (κ3) is 9.96. The Kier molecular flexibility index (Phi) is 12.6. The van der Waals surface area contributed by atoms with Crippen LogP contribution in [0.5, 0.6) is 11.5 Å². The van der Waals surface area contributed by atoms with E-state index in [0.717, 1.165) is 27.8 Å². The summed E-state index contributed by atoms with van der Waals surface area (Å²) in [5.41, 5.74) is 5.64. The van der Waals surface area contributed by atoms with Gasteiger partial charge in [0.2, 0.25) is 5.56 Å². The first-order valence-electron chi connectivity index (χ1n) is 18.1. The second kappa shape index (κ2) is 18.1. The first kappa shape index (κ1) is 38.3. The van der Waals surface area contributed by atoms with E-state index in [1.165, 1.54) is 12.1 Å². The number of fused-ring (bicyclic) bond motifs is 1. The summed E-state index contributed by atoms with van der Waals surface area (Å²) >= 11 is 0. The van der Waals surface area contributed by atoms with Crippen LogP contribution in [0.15, 0.2) is 132 Å². The number of aryl methyl sites for hydroxylation is 1. The van der Waals surface area contributed by atoms with E-state index in [-0.39, 0.29) is 35.9 Å². The predicted molar refractivity (Wildman–Crippen MR) is 211 cm³/mol. The van der Waals surface area contributed by atoms with Crippen molar-refractivity contribution < 1.29 is 29.6 Å². The van der Waals surface area contributed by atoms with Gasteiger partial charge in [0.05, 0.1) is 17.7 Å². The number of amides is 2. The molecule has 11 nitrogen and oxygen atoms in total. The van der Waals surface area contributed by atoms with Gasteiger partial charge in [-0.3, -0.25) is 9.59 Å². The number of aliphatic hydroxyl groups excluding tert-OH is 1. The highest BCUT2D eigenvalue weighted by Gasteiger charge is 2.19. The summed E-state index contributed by atoms with van der Waals surface area (Å²) in [4.78, 5) is 41.7. The number of hydrogen-bond donors (Lipinski definition) is 6. The highest BCUT2D eigenvalue weighted by atomic mass is 16.5. The van der Waals surface area contributed by atoms with Gasteiger partial charge in [0.15, 0.2) is 0 Å². The average molecular weight is 741 g/mol. The molecule has 0 saturated heterocycles. The molecule has 0 bridgehead atoms. The van der Waals surface area contributed by atoms with Crippen LogP contribution in [0.2, 0.25) is 0 Å². The number of benzene rings is 5. The smallest absolute Gasteiger partial charge is 0.405 e. The van der Waals surface area contributed by atoms with Crippen LogP contribution in [-0.2, 0) is 13.2 Å². The lowest BCUT2D eigenvalue weighted by Gasteiger charge is -2.24. The highest BCUT2D eigenvalue weighted by molar-refractivity contribution is 5.94. The number of carboxylic acid groups (broad SMARTS) is 1. The Labute approximate surface area is 318 Å². The Morgan fingerprint density at radius 3 is 2.36 bits per heavy atom. The molecule has 6 rings (SSSR count). The van der Waals surface area contributed by atoms with Crippen LogP contribution in [-0.4, -0.2) is 56.8 Å². The van der Waals surface area contributed by atoms with Crippen molar-refractivity contribution >= 4 is 22.9 Å². The van der Waals surface area contributed by atoms with Crippen molar-refractivity contribution in [2.24, 2.45) is 0 Å². The summed E-state index contributed by atoms with van der Waals surface area (Å²) in [6.07, 6.45) is -1.38. The molecular weight excluding hydrogens is 697 g/mol. The van der Waals surface area contributed by atoms with Gasteiger partial charge in [-0.25, -0.2) is 4.79 Å². The summed E-state index contributed by atoms with van der Waals surface area (Å²) in [6, 6.07) is 37.5. The summed E-state index contributed by atoms with van der Waals surface area (Å²) in [5.74, 6) is 0.417. The minimum Gasteiger partial charge on any atom is -0.506 e. The maximum atomic E-state index is 13.9. The van der Waals surface area contributed by atoms with E-state index in [1.54, 1.807) is 24.3 Å². The van der Waals surface area contributed by atoms with Crippen LogP contribution in [0.25, 0.3) is 10.9 Å². The van der Waals surface area contributed by atoms with Crippen molar-refractivity contribution in [2.75, 3.05) is 19.6 Å². The summed E-state index contributed by atoms with van der Waals surface area (Å²) < 4.78 is 6.10. The summed E-state index contributed by atoms with van der Waals surface area (Å²) in [5, 5.41) is 37.0. The molecule has 6 N–H and O–H groups in total. The molecule has 2 atom stereocenters. The van der Waals surface area contributed by atoms with Gasteiger partial charge in [-0.1, -0.05) is 84.9 Å². The molecule has 1 aromatic heterocycles. The molecule has 0 radical (unpaired) electrons. The normalized spacial score (nSPS) is 12.2. The van der Waals surface area contributed by atoms with Crippen LogP contribution in [0.4, 0.5) is 4.79 Å². The van der Waals surface area contributed by atoms with E-state index in [0.29, 0.717) is 48.3 Å². The van der Waals surface area contributed by atoms with Crippen LogP contribution in [0.1, 0.15) is 62.3 Å². The number of phenols is 1. The maximum Gasteiger partial charge on any atom is 0.405 e. The molecule has 0 saturated carbocycles. The number of H-pyrrole nitrogens is 1. The lowest BCUT2D eigenvalue weighted by atomic mass is 9.98. The first-order chi connectivity index (χ1) is 26.7. The number of aromatic amines is 1. The molecule has 2 amide bonds.